The number of nitrogens with one attached hydrogen (secondary N) is 2. The normalized spacial score (nSPS) is 14.8. The fraction of sp³-hybridized carbons (Fsp3) is 0.273. The number of H-pyrrole nitrogens is 1. The summed E-state index contributed by atoms with van der Waals surface area (Å²) in [6, 6.07) is 10.3. The van der Waals surface area contributed by atoms with Crippen molar-refractivity contribution in [1.29, 1.82) is 0 Å². The number of fused-ring (bicyclic) bond motifs is 1. The fourth-order valence-corrected chi connectivity index (χ4v) is 3.47. The average Bonchev–Trinajstić information content (AvgIpc) is 3.47. The van der Waals surface area contributed by atoms with Gasteiger partial charge in [-0.05, 0) is 60.9 Å². The second-order valence-electron chi connectivity index (χ2n) is 7.38. The van der Waals surface area contributed by atoms with E-state index in [4.69, 9.17) is 0 Å². The lowest BCUT2D eigenvalue weighted by Gasteiger charge is -2.15. The van der Waals surface area contributed by atoms with Crippen LogP contribution in [0.4, 0.5) is 8.78 Å². The summed E-state index contributed by atoms with van der Waals surface area (Å²) >= 11 is 0. The average molecular weight is 382 g/mol. The zero-order valence-electron chi connectivity index (χ0n) is 15.4. The standard InChI is InChI=1S/C22H20F2N2O2/c1-12(18-6-5-17(23)11-19(18)24)25-21(27)10-16-9-15-8-14(13-2-3-13)4-7-20(15)26-22(16)28/h4-9,11-13H,2-3,10H2,1H3,(H,25,27)(H,26,28)/t12-/m0/s1. The third kappa shape index (κ3) is 3.81. The molecular formula is C22H20F2N2O2. The first-order valence-corrected chi connectivity index (χ1v) is 9.31. The van der Waals surface area contributed by atoms with Crippen molar-refractivity contribution in [3.63, 3.8) is 0 Å². The van der Waals surface area contributed by atoms with Gasteiger partial charge in [0.2, 0.25) is 5.91 Å². The van der Waals surface area contributed by atoms with Crippen molar-refractivity contribution in [2.24, 2.45) is 0 Å². The van der Waals surface area contributed by atoms with Crippen molar-refractivity contribution < 1.29 is 13.6 Å². The molecule has 3 aromatic rings. The van der Waals surface area contributed by atoms with Gasteiger partial charge in [-0.2, -0.15) is 0 Å². The number of carbonyl (C=O) groups is 1. The molecule has 28 heavy (non-hydrogen) atoms. The molecule has 0 unspecified atom stereocenters. The largest absolute Gasteiger partial charge is 0.349 e. The summed E-state index contributed by atoms with van der Waals surface area (Å²) < 4.78 is 26.9. The Morgan fingerprint density at radius 2 is 1.96 bits per heavy atom. The Hall–Kier alpha value is -3.02. The van der Waals surface area contributed by atoms with Gasteiger partial charge in [0.25, 0.3) is 5.56 Å². The Kier molecular flexibility index (Phi) is 4.71. The van der Waals surface area contributed by atoms with E-state index in [1.54, 1.807) is 13.0 Å². The van der Waals surface area contributed by atoms with Crippen LogP contribution in [-0.2, 0) is 11.2 Å². The van der Waals surface area contributed by atoms with Crippen LogP contribution < -0.4 is 10.9 Å². The molecule has 2 N–H and O–H groups in total. The molecule has 0 bridgehead atoms. The molecule has 0 aliphatic heterocycles. The summed E-state index contributed by atoms with van der Waals surface area (Å²) in [4.78, 5) is 27.5. The van der Waals surface area contributed by atoms with Gasteiger partial charge in [-0.25, -0.2) is 8.78 Å². The predicted octanol–water partition coefficient (Wildman–Crippen LogP) is 4.10. The Labute approximate surface area is 160 Å². The lowest BCUT2D eigenvalue weighted by atomic mass is 10.0. The van der Waals surface area contributed by atoms with E-state index in [0.29, 0.717) is 11.5 Å². The van der Waals surface area contributed by atoms with E-state index in [1.165, 1.54) is 24.5 Å². The monoisotopic (exact) mass is 382 g/mol. The first kappa shape index (κ1) is 18.3. The molecule has 1 saturated carbocycles. The van der Waals surface area contributed by atoms with Crippen LogP contribution in [-0.4, -0.2) is 10.9 Å². The third-order valence-electron chi connectivity index (χ3n) is 5.15. The minimum atomic E-state index is -0.719. The lowest BCUT2D eigenvalue weighted by Crippen LogP contribution is -2.30. The van der Waals surface area contributed by atoms with E-state index >= 15 is 0 Å². The third-order valence-corrected chi connectivity index (χ3v) is 5.15. The van der Waals surface area contributed by atoms with E-state index in [-0.39, 0.29) is 17.5 Å². The topological polar surface area (TPSA) is 62.0 Å². The zero-order chi connectivity index (χ0) is 19.8. The maximum Gasteiger partial charge on any atom is 0.252 e. The van der Waals surface area contributed by atoms with Gasteiger partial charge in [-0.1, -0.05) is 12.1 Å². The van der Waals surface area contributed by atoms with E-state index in [9.17, 15) is 18.4 Å². The molecule has 1 aromatic heterocycles. The highest BCUT2D eigenvalue weighted by atomic mass is 19.1. The SMILES string of the molecule is C[C@H](NC(=O)Cc1cc2cc(C3CC3)ccc2[nH]c1=O)c1ccc(F)cc1F. The Bertz CT molecular complexity index is 1120. The number of pyridine rings is 1. The van der Waals surface area contributed by atoms with Gasteiger partial charge in [-0.15, -0.1) is 0 Å². The first-order chi connectivity index (χ1) is 13.4. The molecule has 1 fully saturated rings. The van der Waals surface area contributed by atoms with Crippen LogP contribution in [0.3, 0.4) is 0 Å². The van der Waals surface area contributed by atoms with E-state index in [0.717, 1.165) is 23.0 Å². The number of rotatable bonds is 5. The Balaban J connectivity index is 1.52. The molecule has 0 saturated heterocycles. The fourth-order valence-electron chi connectivity index (χ4n) is 3.47. The number of hydrogen-bond donors (Lipinski definition) is 2. The second-order valence-corrected chi connectivity index (χ2v) is 7.38. The number of halogens is 2. The molecular weight excluding hydrogens is 362 g/mol. The highest BCUT2D eigenvalue weighted by molar-refractivity contribution is 5.83. The maximum absolute atomic E-state index is 13.9. The van der Waals surface area contributed by atoms with Crippen molar-refractivity contribution in [2.75, 3.05) is 0 Å². The molecule has 0 spiro atoms. The molecule has 2 aromatic carbocycles. The highest BCUT2D eigenvalue weighted by Gasteiger charge is 2.23. The molecule has 4 rings (SSSR count). The van der Waals surface area contributed by atoms with Crippen LogP contribution in [0.5, 0.6) is 0 Å². The smallest absolute Gasteiger partial charge is 0.252 e. The summed E-state index contributed by atoms with van der Waals surface area (Å²) in [6.07, 6.45) is 2.25. The number of carbonyl (C=O) groups excluding carboxylic acids is 1. The van der Waals surface area contributed by atoms with Crippen LogP contribution in [0.2, 0.25) is 0 Å². The van der Waals surface area contributed by atoms with Crippen LogP contribution in [0.25, 0.3) is 10.9 Å². The molecule has 0 radical (unpaired) electrons. The molecule has 1 amide bonds. The van der Waals surface area contributed by atoms with Gasteiger partial charge in [0.1, 0.15) is 11.6 Å². The van der Waals surface area contributed by atoms with Crippen molar-refractivity contribution in [1.82, 2.24) is 10.3 Å². The minimum Gasteiger partial charge on any atom is -0.349 e. The summed E-state index contributed by atoms with van der Waals surface area (Å²) in [5.41, 5.74) is 2.21. The van der Waals surface area contributed by atoms with Crippen molar-refractivity contribution in [3.8, 4) is 0 Å². The molecule has 1 atom stereocenters. The van der Waals surface area contributed by atoms with Crippen molar-refractivity contribution >= 4 is 16.8 Å². The van der Waals surface area contributed by atoms with Crippen molar-refractivity contribution in [3.05, 3.63) is 81.1 Å². The van der Waals surface area contributed by atoms with Gasteiger partial charge >= 0.3 is 0 Å². The van der Waals surface area contributed by atoms with E-state index in [2.05, 4.69) is 16.4 Å². The van der Waals surface area contributed by atoms with E-state index < -0.39 is 23.6 Å². The Morgan fingerprint density at radius 1 is 1.18 bits per heavy atom. The van der Waals surface area contributed by atoms with Gasteiger partial charge in [0.05, 0.1) is 12.5 Å². The van der Waals surface area contributed by atoms with Crippen LogP contribution in [0.15, 0.2) is 47.3 Å². The predicted molar refractivity (Wildman–Crippen MR) is 103 cm³/mol. The van der Waals surface area contributed by atoms with Gasteiger partial charge in [0, 0.05) is 22.7 Å². The number of benzene rings is 2. The second kappa shape index (κ2) is 7.19. The minimum absolute atomic E-state index is 0.119. The summed E-state index contributed by atoms with van der Waals surface area (Å²) in [7, 11) is 0. The molecule has 6 heteroatoms. The van der Waals surface area contributed by atoms with Gasteiger partial charge in [-0.3, -0.25) is 9.59 Å². The number of aromatic nitrogens is 1. The number of amides is 1. The quantitative estimate of drug-likeness (QED) is 0.698. The number of aromatic amines is 1. The summed E-state index contributed by atoms with van der Waals surface area (Å²) in [5.74, 6) is -1.20. The van der Waals surface area contributed by atoms with Crippen LogP contribution in [0, 0.1) is 11.6 Å². The van der Waals surface area contributed by atoms with Crippen LogP contribution in [0.1, 0.15) is 48.4 Å². The molecule has 4 nitrogen and oxygen atoms in total. The van der Waals surface area contributed by atoms with Crippen molar-refractivity contribution in [2.45, 2.75) is 38.1 Å². The summed E-state index contributed by atoms with van der Waals surface area (Å²) in [5, 5.41) is 3.56. The zero-order valence-corrected chi connectivity index (χ0v) is 15.4. The highest BCUT2D eigenvalue weighted by Crippen LogP contribution is 2.40. The van der Waals surface area contributed by atoms with Gasteiger partial charge < -0.3 is 10.3 Å². The Morgan fingerprint density at radius 3 is 2.68 bits per heavy atom. The van der Waals surface area contributed by atoms with Gasteiger partial charge in [0.15, 0.2) is 0 Å². The van der Waals surface area contributed by atoms with Crippen LogP contribution >= 0.6 is 0 Å². The molecule has 1 aliphatic rings. The molecule has 1 aliphatic carbocycles. The first-order valence-electron chi connectivity index (χ1n) is 9.31. The van der Waals surface area contributed by atoms with E-state index in [1.807, 2.05) is 12.1 Å². The lowest BCUT2D eigenvalue weighted by molar-refractivity contribution is -0.121. The maximum atomic E-state index is 13.9. The molecule has 1 heterocycles. The summed E-state index contributed by atoms with van der Waals surface area (Å²) in [6.45, 7) is 1.61. The number of hydrogen-bond acceptors (Lipinski definition) is 2. The molecule has 144 valence electrons.